The van der Waals surface area contributed by atoms with Crippen LogP contribution in [0.25, 0.3) is 0 Å². The smallest absolute Gasteiger partial charge is 0.410 e. The van der Waals surface area contributed by atoms with Crippen molar-refractivity contribution in [3.05, 3.63) is 0 Å². The monoisotopic (exact) mass is 269 g/mol. The molecule has 1 heterocycles. The summed E-state index contributed by atoms with van der Waals surface area (Å²) in [6, 6.07) is 0. The molecular weight excluding hydrogens is 238 g/mol. The molecule has 0 aromatic heterocycles. The van der Waals surface area contributed by atoms with Crippen LogP contribution in [0.4, 0.5) is 4.79 Å². The SMILES string of the molecule is CC(C)C1(C(C)C)CCN(C(=O)OC(C)(C)C)CC1. The van der Waals surface area contributed by atoms with E-state index < -0.39 is 5.60 Å². The first-order chi connectivity index (χ1) is 8.58. The van der Waals surface area contributed by atoms with E-state index in [1.54, 1.807) is 0 Å². The summed E-state index contributed by atoms with van der Waals surface area (Å²) in [5.41, 5.74) is -0.0276. The zero-order valence-electron chi connectivity index (χ0n) is 13.7. The van der Waals surface area contributed by atoms with E-state index in [4.69, 9.17) is 4.74 Å². The van der Waals surface area contributed by atoms with E-state index >= 15 is 0 Å². The maximum absolute atomic E-state index is 12.1. The summed E-state index contributed by atoms with van der Waals surface area (Å²) in [5, 5.41) is 0. The first kappa shape index (κ1) is 16.3. The molecule has 0 atom stereocenters. The largest absolute Gasteiger partial charge is 0.444 e. The Hall–Kier alpha value is -0.730. The molecule has 112 valence electrons. The zero-order chi connectivity index (χ0) is 14.8. The fourth-order valence-corrected chi connectivity index (χ4v) is 3.25. The molecule has 1 amide bonds. The van der Waals surface area contributed by atoms with Crippen molar-refractivity contribution >= 4 is 6.09 Å². The Balaban J connectivity index is 2.64. The molecule has 0 radical (unpaired) electrons. The van der Waals surface area contributed by atoms with Crippen LogP contribution < -0.4 is 0 Å². The van der Waals surface area contributed by atoms with Gasteiger partial charge in [0.15, 0.2) is 0 Å². The standard InChI is InChI=1S/C16H31NO2/c1-12(2)16(13(3)4)8-10-17(11-9-16)14(18)19-15(5,6)7/h12-13H,8-11H2,1-7H3. The highest BCUT2D eigenvalue weighted by Gasteiger charge is 2.41. The average Bonchev–Trinajstić information content (AvgIpc) is 2.26. The quantitative estimate of drug-likeness (QED) is 0.747. The molecule has 3 heteroatoms. The number of carbonyl (C=O) groups excluding carboxylic acids is 1. The van der Waals surface area contributed by atoms with Crippen LogP contribution in [0.2, 0.25) is 0 Å². The van der Waals surface area contributed by atoms with Crippen LogP contribution in [0.15, 0.2) is 0 Å². The van der Waals surface area contributed by atoms with Crippen molar-refractivity contribution in [1.29, 1.82) is 0 Å². The van der Waals surface area contributed by atoms with Crippen molar-refractivity contribution in [2.45, 2.75) is 66.9 Å². The molecule has 19 heavy (non-hydrogen) atoms. The van der Waals surface area contributed by atoms with Gasteiger partial charge in [0.25, 0.3) is 0 Å². The number of hydrogen-bond acceptors (Lipinski definition) is 2. The summed E-state index contributed by atoms with van der Waals surface area (Å²) in [4.78, 5) is 13.9. The normalized spacial score (nSPS) is 19.9. The van der Waals surface area contributed by atoms with Gasteiger partial charge in [-0.1, -0.05) is 27.7 Å². The Morgan fingerprint density at radius 3 is 1.79 bits per heavy atom. The summed E-state index contributed by atoms with van der Waals surface area (Å²) in [5.74, 6) is 1.32. The predicted molar refractivity (Wildman–Crippen MR) is 79.2 cm³/mol. The van der Waals surface area contributed by atoms with E-state index in [0.717, 1.165) is 25.9 Å². The van der Waals surface area contributed by atoms with Crippen molar-refractivity contribution in [2.75, 3.05) is 13.1 Å². The lowest BCUT2D eigenvalue weighted by Crippen LogP contribution is -2.48. The molecule has 0 bridgehead atoms. The molecule has 0 saturated carbocycles. The molecule has 0 aromatic carbocycles. The van der Waals surface area contributed by atoms with Crippen molar-refractivity contribution < 1.29 is 9.53 Å². The van der Waals surface area contributed by atoms with Crippen molar-refractivity contribution in [1.82, 2.24) is 4.90 Å². The van der Waals surface area contributed by atoms with Crippen molar-refractivity contribution in [3.8, 4) is 0 Å². The molecule has 1 rings (SSSR count). The topological polar surface area (TPSA) is 29.5 Å². The van der Waals surface area contributed by atoms with Crippen molar-refractivity contribution in [2.24, 2.45) is 17.3 Å². The number of ether oxygens (including phenoxy) is 1. The van der Waals surface area contributed by atoms with Gasteiger partial charge in [-0.2, -0.15) is 0 Å². The summed E-state index contributed by atoms with van der Waals surface area (Å²) in [7, 11) is 0. The van der Waals surface area contributed by atoms with Gasteiger partial charge >= 0.3 is 6.09 Å². The lowest BCUT2D eigenvalue weighted by molar-refractivity contribution is -0.0110. The lowest BCUT2D eigenvalue weighted by Gasteiger charge is -2.47. The van der Waals surface area contributed by atoms with Crippen LogP contribution >= 0.6 is 0 Å². The number of hydrogen-bond donors (Lipinski definition) is 0. The molecular formula is C16H31NO2. The fraction of sp³-hybridized carbons (Fsp3) is 0.938. The van der Waals surface area contributed by atoms with Gasteiger partial charge in [-0.3, -0.25) is 0 Å². The lowest BCUT2D eigenvalue weighted by atomic mass is 9.63. The van der Waals surface area contributed by atoms with Crippen LogP contribution in [-0.4, -0.2) is 29.7 Å². The summed E-state index contributed by atoms with van der Waals surface area (Å²) in [6.07, 6.45) is 2.01. The van der Waals surface area contributed by atoms with Crippen LogP contribution in [0, 0.1) is 17.3 Å². The molecule has 3 nitrogen and oxygen atoms in total. The van der Waals surface area contributed by atoms with Gasteiger partial charge in [0.1, 0.15) is 5.60 Å². The maximum atomic E-state index is 12.1. The molecule has 0 spiro atoms. The summed E-state index contributed by atoms with van der Waals surface area (Å²) >= 11 is 0. The van der Waals surface area contributed by atoms with Gasteiger partial charge in [0.2, 0.25) is 0 Å². The third-order valence-corrected chi connectivity index (χ3v) is 4.65. The van der Waals surface area contributed by atoms with E-state index in [1.165, 1.54) is 0 Å². The first-order valence-corrected chi connectivity index (χ1v) is 7.56. The highest BCUT2D eigenvalue weighted by molar-refractivity contribution is 5.68. The molecule has 1 aliphatic rings. The minimum atomic E-state index is -0.401. The number of amides is 1. The second-order valence-corrected chi connectivity index (χ2v) is 7.51. The van der Waals surface area contributed by atoms with Crippen LogP contribution in [-0.2, 0) is 4.74 Å². The fourth-order valence-electron chi connectivity index (χ4n) is 3.25. The molecule has 0 N–H and O–H groups in total. The second kappa shape index (κ2) is 5.72. The van der Waals surface area contributed by atoms with Gasteiger partial charge < -0.3 is 9.64 Å². The van der Waals surface area contributed by atoms with E-state index in [-0.39, 0.29) is 6.09 Å². The van der Waals surface area contributed by atoms with Crippen LogP contribution in [0.3, 0.4) is 0 Å². The second-order valence-electron chi connectivity index (χ2n) is 7.51. The van der Waals surface area contributed by atoms with E-state index in [1.807, 2.05) is 25.7 Å². The van der Waals surface area contributed by atoms with Gasteiger partial charge in [-0.05, 0) is 50.9 Å². The highest BCUT2D eigenvalue weighted by Crippen LogP contribution is 2.45. The highest BCUT2D eigenvalue weighted by atomic mass is 16.6. The number of carbonyl (C=O) groups is 1. The molecule has 0 unspecified atom stereocenters. The van der Waals surface area contributed by atoms with Crippen LogP contribution in [0.1, 0.15) is 61.3 Å². The Labute approximate surface area is 118 Å². The summed E-state index contributed by atoms with van der Waals surface area (Å²) in [6.45, 7) is 16.6. The van der Waals surface area contributed by atoms with E-state index in [2.05, 4.69) is 27.7 Å². The Morgan fingerprint density at radius 2 is 1.47 bits per heavy atom. The van der Waals surface area contributed by atoms with Gasteiger partial charge in [0, 0.05) is 13.1 Å². The number of rotatable bonds is 2. The minimum absolute atomic E-state index is 0.159. The van der Waals surface area contributed by atoms with Crippen LogP contribution in [0.5, 0.6) is 0 Å². The number of likely N-dealkylation sites (tertiary alicyclic amines) is 1. The van der Waals surface area contributed by atoms with Gasteiger partial charge in [-0.15, -0.1) is 0 Å². The molecule has 1 saturated heterocycles. The Kier molecular flexibility index (Phi) is 4.91. The van der Waals surface area contributed by atoms with E-state index in [0.29, 0.717) is 17.3 Å². The predicted octanol–water partition coefficient (Wildman–Crippen LogP) is 4.32. The summed E-state index contributed by atoms with van der Waals surface area (Å²) < 4.78 is 5.45. The van der Waals surface area contributed by atoms with Gasteiger partial charge in [0.05, 0.1) is 0 Å². The minimum Gasteiger partial charge on any atom is -0.444 e. The Morgan fingerprint density at radius 1 is 1.05 bits per heavy atom. The molecule has 1 fully saturated rings. The van der Waals surface area contributed by atoms with E-state index in [9.17, 15) is 4.79 Å². The third kappa shape index (κ3) is 3.87. The van der Waals surface area contributed by atoms with Crippen molar-refractivity contribution in [3.63, 3.8) is 0 Å². The number of nitrogens with zero attached hydrogens (tertiary/aromatic N) is 1. The maximum Gasteiger partial charge on any atom is 0.410 e. The Bertz CT molecular complexity index is 297. The zero-order valence-corrected chi connectivity index (χ0v) is 13.7. The molecule has 0 aliphatic carbocycles. The first-order valence-electron chi connectivity index (χ1n) is 7.56. The average molecular weight is 269 g/mol. The number of piperidine rings is 1. The van der Waals surface area contributed by atoms with Gasteiger partial charge in [-0.25, -0.2) is 4.79 Å². The molecule has 0 aromatic rings. The molecule has 1 aliphatic heterocycles. The third-order valence-electron chi connectivity index (χ3n) is 4.65.